The monoisotopic (exact) mass is 360 g/mol. The Bertz CT molecular complexity index is 944. The predicted octanol–water partition coefficient (Wildman–Crippen LogP) is 3.85. The molecule has 0 fully saturated rings. The van der Waals surface area contributed by atoms with Crippen LogP contribution in [0.25, 0.3) is 0 Å². The molecule has 0 saturated heterocycles. The molecule has 1 atom stereocenters. The van der Waals surface area contributed by atoms with Gasteiger partial charge < -0.3 is 10.6 Å². The van der Waals surface area contributed by atoms with E-state index in [1.54, 1.807) is 0 Å². The second kappa shape index (κ2) is 7.27. The van der Waals surface area contributed by atoms with Crippen LogP contribution >= 0.6 is 0 Å². The fourth-order valence-electron chi connectivity index (χ4n) is 3.51. The van der Waals surface area contributed by atoms with Crippen LogP contribution in [0.2, 0.25) is 0 Å². The number of anilines is 1. The molecule has 0 saturated carbocycles. The Morgan fingerprint density at radius 2 is 1.93 bits per heavy atom. The maximum Gasteiger partial charge on any atom is 0.257 e. The molecule has 0 bridgehead atoms. The van der Waals surface area contributed by atoms with Crippen LogP contribution in [0.3, 0.4) is 0 Å². The van der Waals surface area contributed by atoms with Gasteiger partial charge in [0.25, 0.3) is 5.91 Å². The van der Waals surface area contributed by atoms with Gasteiger partial charge in [-0.25, -0.2) is 4.68 Å². The molecule has 2 N–H and O–H groups in total. The largest absolute Gasteiger partial charge is 0.361 e. The van der Waals surface area contributed by atoms with Crippen LogP contribution in [0.15, 0.2) is 54.6 Å². The van der Waals surface area contributed by atoms with E-state index in [9.17, 15) is 4.79 Å². The lowest BCUT2D eigenvalue weighted by Crippen LogP contribution is -2.24. The van der Waals surface area contributed by atoms with Gasteiger partial charge in [-0.1, -0.05) is 67.1 Å². The zero-order chi connectivity index (χ0) is 18.8. The fraction of sp³-hybridized carbons (Fsp3) is 0.273. The van der Waals surface area contributed by atoms with Gasteiger partial charge in [0.2, 0.25) is 0 Å². The molecular weight excluding hydrogens is 336 g/mol. The van der Waals surface area contributed by atoms with Crippen molar-refractivity contribution in [1.82, 2.24) is 15.1 Å². The summed E-state index contributed by atoms with van der Waals surface area (Å²) in [6.07, 6.45) is 0.727. The van der Waals surface area contributed by atoms with Crippen molar-refractivity contribution in [1.29, 1.82) is 0 Å². The third-order valence-corrected chi connectivity index (χ3v) is 5.03. The first-order valence-electron chi connectivity index (χ1n) is 9.40. The third-order valence-electron chi connectivity index (χ3n) is 5.03. The first-order chi connectivity index (χ1) is 13.2. The van der Waals surface area contributed by atoms with Gasteiger partial charge in [0.15, 0.2) is 0 Å². The van der Waals surface area contributed by atoms with Crippen LogP contribution in [0, 0.1) is 6.92 Å². The summed E-state index contributed by atoms with van der Waals surface area (Å²) in [7, 11) is 0. The Kier molecular flexibility index (Phi) is 4.67. The highest BCUT2D eigenvalue weighted by Crippen LogP contribution is 2.33. The van der Waals surface area contributed by atoms with E-state index in [4.69, 9.17) is 0 Å². The maximum atomic E-state index is 12.9. The summed E-state index contributed by atoms with van der Waals surface area (Å²) in [5.41, 5.74) is 5.01. The van der Waals surface area contributed by atoms with Crippen LogP contribution in [0.5, 0.6) is 0 Å². The van der Waals surface area contributed by atoms with Crippen molar-refractivity contribution in [3.8, 4) is 0 Å². The highest BCUT2D eigenvalue weighted by atomic mass is 16.1. The molecule has 0 spiro atoms. The summed E-state index contributed by atoms with van der Waals surface area (Å²) in [5.74, 6) is 0.747. The fourth-order valence-corrected chi connectivity index (χ4v) is 3.51. The smallest absolute Gasteiger partial charge is 0.257 e. The Hall–Kier alpha value is -3.08. The lowest BCUT2D eigenvalue weighted by Gasteiger charge is -2.12. The van der Waals surface area contributed by atoms with E-state index in [0.29, 0.717) is 12.1 Å². The number of nitrogens with zero attached hydrogens (tertiary/aromatic N) is 2. The van der Waals surface area contributed by atoms with E-state index in [-0.39, 0.29) is 11.9 Å². The predicted molar refractivity (Wildman–Crippen MR) is 107 cm³/mol. The van der Waals surface area contributed by atoms with Crippen molar-refractivity contribution in [2.24, 2.45) is 0 Å². The molecule has 138 valence electrons. The molecule has 1 aliphatic rings. The molecule has 1 amide bonds. The van der Waals surface area contributed by atoms with E-state index < -0.39 is 0 Å². The number of nitrogens with one attached hydrogen (secondary N) is 2. The van der Waals surface area contributed by atoms with Crippen molar-refractivity contribution in [2.75, 3.05) is 5.32 Å². The first kappa shape index (κ1) is 17.3. The van der Waals surface area contributed by atoms with Crippen molar-refractivity contribution in [3.63, 3.8) is 0 Å². The van der Waals surface area contributed by atoms with Gasteiger partial charge in [-0.15, -0.1) is 0 Å². The maximum absolute atomic E-state index is 12.9. The summed E-state index contributed by atoms with van der Waals surface area (Å²) in [4.78, 5) is 12.9. The van der Waals surface area contributed by atoms with Crippen LogP contribution < -0.4 is 10.6 Å². The molecule has 1 aromatic heterocycles. The SMILES string of the molecule is CCc1nn2c(c1C(=O)NCc1ccc(C)cc1)N[C@H](c1ccccc1)C2. The lowest BCUT2D eigenvalue weighted by atomic mass is 10.1. The van der Waals surface area contributed by atoms with Crippen molar-refractivity contribution >= 4 is 11.7 Å². The third kappa shape index (κ3) is 3.45. The highest BCUT2D eigenvalue weighted by Gasteiger charge is 2.30. The Morgan fingerprint density at radius 3 is 2.63 bits per heavy atom. The summed E-state index contributed by atoms with van der Waals surface area (Å²) >= 11 is 0. The molecule has 27 heavy (non-hydrogen) atoms. The first-order valence-corrected chi connectivity index (χ1v) is 9.40. The van der Waals surface area contributed by atoms with E-state index in [1.807, 2.05) is 41.9 Å². The summed E-state index contributed by atoms with van der Waals surface area (Å²) in [5, 5.41) is 11.2. The van der Waals surface area contributed by atoms with Gasteiger partial charge in [-0.05, 0) is 24.5 Å². The van der Waals surface area contributed by atoms with E-state index in [0.717, 1.165) is 30.0 Å². The molecule has 4 rings (SSSR count). The molecule has 0 radical (unpaired) electrons. The van der Waals surface area contributed by atoms with Gasteiger partial charge in [-0.2, -0.15) is 5.10 Å². The average Bonchev–Trinajstić information content (AvgIpc) is 3.25. The Morgan fingerprint density at radius 1 is 1.19 bits per heavy atom. The van der Waals surface area contributed by atoms with Gasteiger partial charge in [0, 0.05) is 6.54 Å². The number of hydrogen-bond acceptors (Lipinski definition) is 3. The van der Waals surface area contributed by atoms with Gasteiger partial charge in [0.05, 0.1) is 18.3 Å². The highest BCUT2D eigenvalue weighted by molar-refractivity contribution is 6.00. The quantitative estimate of drug-likeness (QED) is 0.727. The number of aryl methyl sites for hydroxylation is 2. The standard InChI is InChI=1S/C22H24N4O/c1-3-18-20(22(27)23-13-16-11-9-15(2)10-12-16)21-24-19(14-26(21)25-18)17-7-5-4-6-8-17/h4-12,19,24H,3,13-14H2,1-2H3,(H,23,27)/t19-/m0/s1. The van der Waals surface area contributed by atoms with Gasteiger partial charge in [-0.3, -0.25) is 4.79 Å². The number of rotatable bonds is 5. The van der Waals surface area contributed by atoms with E-state index in [2.05, 4.69) is 46.9 Å². The minimum atomic E-state index is -0.0742. The molecule has 5 nitrogen and oxygen atoms in total. The molecule has 3 aromatic rings. The number of benzene rings is 2. The van der Waals surface area contributed by atoms with Crippen molar-refractivity contribution in [3.05, 3.63) is 82.5 Å². The Balaban J connectivity index is 1.53. The number of aromatic nitrogens is 2. The van der Waals surface area contributed by atoms with E-state index >= 15 is 0 Å². The normalized spacial score (nSPS) is 15.3. The molecular formula is C22H24N4O. The van der Waals surface area contributed by atoms with Crippen molar-refractivity contribution in [2.45, 2.75) is 39.4 Å². The molecule has 0 unspecified atom stereocenters. The van der Waals surface area contributed by atoms with Crippen LogP contribution in [0.4, 0.5) is 5.82 Å². The minimum Gasteiger partial charge on any atom is -0.361 e. The van der Waals surface area contributed by atoms with Crippen LogP contribution in [-0.4, -0.2) is 15.7 Å². The second-order valence-corrected chi connectivity index (χ2v) is 6.98. The molecule has 5 heteroatoms. The zero-order valence-corrected chi connectivity index (χ0v) is 15.7. The zero-order valence-electron chi connectivity index (χ0n) is 15.7. The Labute approximate surface area is 159 Å². The summed E-state index contributed by atoms with van der Waals surface area (Å²) in [6, 6.07) is 18.6. The number of fused-ring (bicyclic) bond motifs is 1. The van der Waals surface area contributed by atoms with Crippen molar-refractivity contribution < 1.29 is 4.79 Å². The molecule has 0 aliphatic carbocycles. The number of hydrogen-bond donors (Lipinski definition) is 2. The van der Waals surface area contributed by atoms with Gasteiger partial charge >= 0.3 is 0 Å². The summed E-state index contributed by atoms with van der Waals surface area (Å²) in [6.45, 7) is 5.33. The number of carbonyl (C=O) groups excluding carboxylic acids is 1. The van der Waals surface area contributed by atoms with E-state index in [1.165, 1.54) is 11.1 Å². The molecule has 2 aromatic carbocycles. The number of amides is 1. The second-order valence-electron chi connectivity index (χ2n) is 6.98. The molecule has 2 heterocycles. The van der Waals surface area contributed by atoms with Gasteiger partial charge in [0.1, 0.15) is 11.4 Å². The average molecular weight is 360 g/mol. The summed E-state index contributed by atoms with van der Waals surface area (Å²) < 4.78 is 1.93. The minimum absolute atomic E-state index is 0.0742. The topological polar surface area (TPSA) is 59.0 Å². The number of carbonyl (C=O) groups is 1. The van der Waals surface area contributed by atoms with Crippen LogP contribution in [-0.2, 0) is 19.5 Å². The lowest BCUT2D eigenvalue weighted by molar-refractivity contribution is 0.0951. The molecule has 1 aliphatic heterocycles. The van der Waals surface area contributed by atoms with Crippen LogP contribution in [0.1, 0.15) is 45.7 Å².